The molecule has 1 aliphatic rings. The Balaban J connectivity index is 1.62. The molecule has 6 nitrogen and oxygen atoms in total. The number of carbonyl (C=O) groups is 1. The highest BCUT2D eigenvalue weighted by atomic mass is 16.4. The van der Waals surface area contributed by atoms with Crippen LogP contribution in [0.3, 0.4) is 0 Å². The minimum absolute atomic E-state index is 0.0321. The summed E-state index contributed by atoms with van der Waals surface area (Å²) in [7, 11) is 0. The summed E-state index contributed by atoms with van der Waals surface area (Å²) in [5.74, 6) is -0.139. The number of likely N-dealkylation sites (N-methyl/N-ethyl adjacent to an activating group) is 1. The van der Waals surface area contributed by atoms with Gasteiger partial charge in [-0.2, -0.15) is 0 Å². The van der Waals surface area contributed by atoms with Crippen molar-refractivity contribution in [3.05, 3.63) is 45.0 Å². The molecule has 29 heavy (non-hydrogen) atoms. The number of fused-ring (bicyclic) bond motifs is 2. The van der Waals surface area contributed by atoms with Gasteiger partial charge in [0.1, 0.15) is 11.2 Å². The Bertz CT molecular complexity index is 1140. The maximum atomic E-state index is 12.7. The van der Waals surface area contributed by atoms with Crippen molar-refractivity contribution in [1.29, 1.82) is 0 Å². The molecule has 1 atom stereocenters. The van der Waals surface area contributed by atoms with Crippen LogP contribution in [0.4, 0.5) is 0 Å². The standard InChI is InChI=1S/C23H28N2O4/c1-5-25-8-6-7-16(25)11-24-20(26)10-19-14(3)18-9-17-13(2)12-28-21(17)15(4)22(18)29-23(19)27/h9,12,16H,5-8,10-11H2,1-4H3,(H,24,26)/t16-/m0/s1. The fraction of sp³-hybridized carbons (Fsp3) is 0.478. The highest BCUT2D eigenvalue weighted by Gasteiger charge is 2.24. The van der Waals surface area contributed by atoms with Gasteiger partial charge in [0.05, 0.1) is 18.2 Å². The van der Waals surface area contributed by atoms with E-state index in [0.29, 0.717) is 23.7 Å². The fourth-order valence-corrected chi connectivity index (χ4v) is 4.52. The molecule has 3 heterocycles. The molecule has 1 aliphatic heterocycles. The van der Waals surface area contributed by atoms with Gasteiger partial charge in [-0.25, -0.2) is 4.79 Å². The lowest BCUT2D eigenvalue weighted by Gasteiger charge is -2.22. The van der Waals surface area contributed by atoms with Crippen LogP contribution >= 0.6 is 0 Å². The fourth-order valence-electron chi connectivity index (χ4n) is 4.52. The van der Waals surface area contributed by atoms with Gasteiger partial charge >= 0.3 is 5.63 Å². The van der Waals surface area contributed by atoms with Gasteiger partial charge in [-0.15, -0.1) is 0 Å². The molecule has 0 aliphatic carbocycles. The number of furan rings is 1. The smallest absolute Gasteiger partial charge is 0.340 e. The van der Waals surface area contributed by atoms with E-state index < -0.39 is 5.63 Å². The van der Waals surface area contributed by atoms with Crippen molar-refractivity contribution in [3.63, 3.8) is 0 Å². The normalized spacial score (nSPS) is 17.4. The van der Waals surface area contributed by atoms with Crippen molar-refractivity contribution in [2.24, 2.45) is 0 Å². The van der Waals surface area contributed by atoms with Crippen molar-refractivity contribution >= 4 is 27.8 Å². The van der Waals surface area contributed by atoms with Crippen LogP contribution in [0.1, 0.15) is 42.0 Å². The molecule has 6 heteroatoms. The average Bonchev–Trinajstić information content (AvgIpc) is 3.31. The van der Waals surface area contributed by atoms with Gasteiger partial charge in [0.2, 0.25) is 5.91 Å². The molecular weight excluding hydrogens is 368 g/mol. The van der Waals surface area contributed by atoms with E-state index in [2.05, 4.69) is 17.1 Å². The number of hydrogen-bond acceptors (Lipinski definition) is 5. The zero-order valence-corrected chi connectivity index (χ0v) is 17.6. The van der Waals surface area contributed by atoms with E-state index in [1.807, 2.05) is 26.8 Å². The lowest BCUT2D eigenvalue weighted by Crippen LogP contribution is -2.40. The zero-order valence-electron chi connectivity index (χ0n) is 17.6. The van der Waals surface area contributed by atoms with E-state index in [9.17, 15) is 9.59 Å². The van der Waals surface area contributed by atoms with E-state index in [1.54, 1.807) is 6.26 Å². The quantitative estimate of drug-likeness (QED) is 0.667. The molecule has 0 unspecified atom stereocenters. The lowest BCUT2D eigenvalue weighted by atomic mass is 9.99. The number of likely N-dealkylation sites (tertiary alicyclic amines) is 1. The summed E-state index contributed by atoms with van der Waals surface area (Å²) in [4.78, 5) is 27.6. The molecule has 1 N–H and O–H groups in total. The summed E-state index contributed by atoms with van der Waals surface area (Å²) in [6.07, 6.45) is 4.01. The second-order valence-corrected chi connectivity index (χ2v) is 8.07. The first kappa shape index (κ1) is 19.7. The van der Waals surface area contributed by atoms with Crippen LogP contribution in [0.5, 0.6) is 0 Å². The molecule has 0 saturated carbocycles. The molecule has 1 saturated heterocycles. The first-order chi connectivity index (χ1) is 13.9. The Morgan fingerprint density at radius 1 is 1.21 bits per heavy atom. The molecule has 0 bridgehead atoms. The van der Waals surface area contributed by atoms with Crippen molar-refractivity contribution in [3.8, 4) is 0 Å². The average molecular weight is 396 g/mol. The third-order valence-electron chi connectivity index (χ3n) is 6.31. The molecule has 0 spiro atoms. The molecule has 1 fully saturated rings. The largest absolute Gasteiger partial charge is 0.464 e. The SMILES string of the molecule is CCN1CCC[C@H]1CNC(=O)Cc1c(C)c2cc3c(C)coc3c(C)c2oc1=O. The van der Waals surface area contributed by atoms with Gasteiger partial charge in [0, 0.05) is 28.9 Å². The molecular formula is C23H28N2O4. The number of carbonyl (C=O) groups excluding carboxylic acids is 1. The summed E-state index contributed by atoms with van der Waals surface area (Å²) in [6, 6.07) is 2.38. The topological polar surface area (TPSA) is 75.7 Å². The summed E-state index contributed by atoms with van der Waals surface area (Å²) < 4.78 is 11.3. The van der Waals surface area contributed by atoms with Gasteiger partial charge in [0.25, 0.3) is 0 Å². The lowest BCUT2D eigenvalue weighted by molar-refractivity contribution is -0.120. The predicted molar refractivity (Wildman–Crippen MR) is 113 cm³/mol. The second kappa shape index (κ2) is 7.67. The van der Waals surface area contributed by atoms with Gasteiger partial charge in [0.15, 0.2) is 0 Å². The summed E-state index contributed by atoms with van der Waals surface area (Å²) in [5, 5.41) is 4.87. The maximum Gasteiger partial charge on any atom is 0.340 e. The first-order valence-corrected chi connectivity index (χ1v) is 10.3. The first-order valence-electron chi connectivity index (χ1n) is 10.3. The van der Waals surface area contributed by atoms with Crippen molar-refractivity contribution in [1.82, 2.24) is 10.2 Å². The van der Waals surface area contributed by atoms with E-state index in [-0.39, 0.29) is 12.3 Å². The zero-order chi connectivity index (χ0) is 20.7. The molecule has 0 radical (unpaired) electrons. The van der Waals surface area contributed by atoms with Crippen LogP contribution in [0.2, 0.25) is 0 Å². The monoisotopic (exact) mass is 396 g/mol. The minimum atomic E-state index is -0.452. The van der Waals surface area contributed by atoms with Crippen LogP contribution in [0, 0.1) is 20.8 Å². The highest BCUT2D eigenvalue weighted by molar-refractivity contribution is 6.00. The van der Waals surface area contributed by atoms with Gasteiger partial charge in [-0.1, -0.05) is 6.92 Å². The summed E-state index contributed by atoms with van der Waals surface area (Å²) in [5.41, 5.74) is 3.88. The van der Waals surface area contributed by atoms with Gasteiger partial charge < -0.3 is 14.2 Å². The Morgan fingerprint density at radius 2 is 2.00 bits per heavy atom. The Kier molecular flexibility index (Phi) is 5.21. The van der Waals surface area contributed by atoms with E-state index >= 15 is 0 Å². The van der Waals surface area contributed by atoms with Crippen molar-refractivity contribution in [2.75, 3.05) is 19.6 Å². The maximum absolute atomic E-state index is 12.7. The summed E-state index contributed by atoms with van der Waals surface area (Å²) >= 11 is 0. The number of aryl methyl sites for hydroxylation is 3. The summed E-state index contributed by atoms with van der Waals surface area (Å²) in [6.45, 7) is 10.6. The van der Waals surface area contributed by atoms with E-state index in [1.165, 1.54) is 6.42 Å². The second-order valence-electron chi connectivity index (χ2n) is 8.07. The molecule has 4 rings (SSSR count). The third-order valence-corrected chi connectivity index (χ3v) is 6.31. The molecule has 2 aromatic heterocycles. The number of nitrogens with one attached hydrogen (secondary N) is 1. The Labute approximate surface area is 169 Å². The van der Waals surface area contributed by atoms with Crippen LogP contribution in [-0.2, 0) is 11.2 Å². The minimum Gasteiger partial charge on any atom is -0.464 e. The number of benzene rings is 1. The number of hydrogen-bond donors (Lipinski definition) is 1. The van der Waals surface area contributed by atoms with Crippen LogP contribution in [0.25, 0.3) is 21.9 Å². The molecule has 1 aromatic carbocycles. The number of nitrogens with zero attached hydrogens (tertiary/aromatic N) is 1. The van der Waals surface area contributed by atoms with Crippen molar-refractivity contribution in [2.45, 2.75) is 53.0 Å². The van der Waals surface area contributed by atoms with Gasteiger partial charge in [-0.3, -0.25) is 9.69 Å². The predicted octanol–water partition coefficient (Wildman–Crippen LogP) is 3.61. The molecule has 3 aromatic rings. The van der Waals surface area contributed by atoms with Crippen molar-refractivity contribution < 1.29 is 13.6 Å². The molecule has 154 valence electrons. The number of amides is 1. The number of rotatable bonds is 5. The Morgan fingerprint density at radius 3 is 2.76 bits per heavy atom. The molecule has 1 amide bonds. The van der Waals surface area contributed by atoms with Gasteiger partial charge in [-0.05, 0) is 63.9 Å². The van der Waals surface area contributed by atoms with Crippen LogP contribution in [-0.4, -0.2) is 36.5 Å². The van der Waals surface area contributed by atoms with Crippen LogP contribution < -0.4 is 10.9 Å². The van der Waals surface area contributed by atoms with Crippen LogP contribution in [0.15, 0.2) is 26.0 Å². The van der Waals surface area contributed by atoms with E-state index in [0.717, 1.165) is 52.6 Å². The third kappa shape index (κ3) is 3.46. The highest BCUT2D eigenvalue weighted by Crippen LogP contribution is 2.32. The van der Waals surface area contributed by atoms with E-state index in [4.69, 9.17) is 8.83 Å². The Hall–Kier alpha value is -2.60.